The van der Waals surface area contributed by atoms with Gasteiger partial charge in [0.2, 0.25) is 11.9 Å². The van der Waals surface area contributed by atoms with Crippen LogP contribution in [0.15, 0.2) is 60.9 Å². The smallest absolute Gasteiger partial charge is 0.748 e. The molecule has 2 aromatic carbocycles. The second-order valence-corrected chi connectivity index (χ2v) is 20.3. The molecule has 0 bridgehead atoms. The molecule has 0 aliphatic heterocycles. The first-order chi connectivity index (χ1) is 37.4. The number of nitrogens with one attached hydrogen (secondary N) is 2. The Bertz CT molecular complexity index is 3180. The second kappa shape index (κ2) is 34.8. The van der Waals surface area contributed by atoms with Crippen LogP contribution in [0.1, 0.15) is 57.8 Å². The number of thiol groups is 2. The predicted octanol–water partition coefficient (Wildman–Crippen LogP) is -6.53. The Morgan fingerprint density at radius 1 is 0.561 bits per heavy atom. The van der Waals surface area contributed by atoms with Crippen LogP contribution in [0, 0.1) is 0 Å². The van der Waals surface area contributed by atoms with E-state index in [-0.39, 0.29) is 142 Å². The van der Waals surface area contributed by atoms with E-state index in [0.29, 0.717) is 46.8 Å². The molecule has 6 rings (SSSR count). The average molecular weight is 1240 g/mol. The Balaban J connectivity index is 0.000000651. The molecule has 32 nitrogen and oxygen atoms in total. The van der Waals surface area contributed by atoms with Crippen molar-refractivity contribution in [2.24, 2.45) is 0 Å². The summed E-state index contributed by atoms with van der Waals surface area (Å²) < 4.78 is 57.8. The van der Waals surface area contributed by atoms with Crippen molar-refractivity contribution in [2.45, 2.75) is 50.9 Å². The molecule has 4 aromatic heterocycles. The minimum atomic E-state index is -4.00. The van der Waals surface area contributed by atoms with Crippen LogP contribution in [0.4, 0.5) is 34.9 Å². The van der Waals surface area contributed by atoms with Crippen LogP contribution in [0.25, 0.3) is 22.3 Å². The van der Waals surface area contributed by atoms with Crippen molar-refractivity contribution >= 4 is 138 Å². The molecule has 4 heterocycles. The van der Waals surface area contributed by atoms with Crippen LogP contribution < -0.4 is 102 Å². The SMILES string of the molecule is CN(Cc1cnc2nc(N)nc(N)c2n1)c1ccc(C(=O)N[C@@H](CCC(=O)O)C(=O)O)cc1.CN(Cc1cnc2nc(N)nc(N)c2n1)c1ccc(C(=O)N[C@@H](CCC(=O)O)C(=O)O)cc1.O=S(=O)([O-])CCS.O=S(=O)([O-])CCS.[Na+].[Na+]. The fourth-order valence-corrected chi connectivity index (χ4v) is 8.07. The van der Waals surface area contributed by atoms with E-state index < -0.39 is 68.0 Å². The molecule has 0 spiro atoms. The standard InChI is InChI=1S/2C20H22N8O5.2C2H6O3S2.2Na/c2*1-28(9-11-8-23-17-15(24-11)16(21)26-20(22)27-17)12-4-2-10(3-5-12)18(31)25-13(19(32)33)6-7-14(29)30;2*3-7(4,5)2-1-6;;/h2*2-5,8,13H,6-7,9H2,1H3,(H,25,31)(H,29,30)(H,32,33)(H4,21,22,23,26,27);2*6H,1-2H2,(H,3,4,5);;/q;;;;2*+1/p-2/t2*13-;;;;/m00..../s1. The maximum absolute atomic E-state index is 12.4. The topological polar surface area (TPSA) is 535 Å². The molecule has 82 heavy (non-hydrogen) atoms. The van der Waals surface area contributed by atoms with Crippen LogP contribution >= 0.6 is 25.3 Å². The molecular weight excluding hydrogens is 1180 g/mol. The summed E-state index contributed by atoms with van der Waals surface area (Å²) in [5.41, 5.74) is 27.3. The quantitative estimate of drug-likeness (QED) is 0.0171. The Morgan fingerprint density at radius 3 is 1.13 bits per heavy atom. The number of hydrogen-bond acceptors (Lipinski definition) is 28. The van der Waals surface area contributed by atoms with Crippen molar-refractivity contribution in [3.8, 4) is 0 Å². The molecule has 0 unspecified atom stereocenters. The summed E-state index contributed by atoms with van der Waals surface area (Å²) in [6.07, 6.45) is 1.93. The van der Waals surface area contributed by atoms with Crippen LogP contribution in [0.2, 0.25) is 0 Å². The second-order valence-electron chi connectivity index (χ2n) is 16.4. The van der Waals surface area contributed by atoms with Gasteiger partial charge in [-0.1, -0.05) is 0 Å². The number of aliphatic carboxylic acids is 4. The Morgan fingerprint density at radius 2 is 0.878 bits per heavy atom. The Hall–Kier alpha value is -6.58. The van der Waals surface area contributed by atoms with Gasteiger partial charge in [-0.05, 0) is 61.4 Å². The number of nitrogens with zero attached hydrogens (tertiary/aromatic N) is 10. The number of nitrogen functional groups attached to an aromatic ring is 4. The van der Waals surface area contributed by atoms with E-state index in [1.165, 1.54) is 24.3 Å². The summed E-state index contributed by atoms with van der Waals surface area (Å²) >= 11 is 7.07. The summed E-state index contributed by atoms with van der Waals surface area (Å²) in [5, 5.41) is 40.5. The maximum atomic E-state index is 12.4. The first kappa shape index (κ1) is 73.4. The van der Waals surface area contributed by atoms with Crippen LogP contribution in [0.3, 0.4) is 0 Å². The number of amides is 2. The normalized spacial score (nSPS) is 11.4. The molecular formula is C44H54N16Na2O16S4. The van der Waals surface area contributed by atoms with Crippen LogP contribution in [-0.2, 0) is 52.5 Å². The number of nitrogens with two attached hydrogens (primary N) is 4. The van der Waals surface area contributed by atoms with Crippen LogP contribution in [0.5, 0.6) is 0 Å². The van der Waals surface area contributed by atoms with Gasteiger partial charge in [-0.25, -0.2) is 46.4 Å². The zero-order valence-electron chi connectivity index (χ0n) is 44.2. The minimum Gasteiger partial charge on any atom is -0.748 e. The van der Waals surface area contributed by atoms with Gasteiger partial charge in [0.15, 0.2) is 34.0 Å². The van der Waals surface area contributed by atoms with E-state index >= 15 is 0 Å². The van der Waals surface area contributed by atoms with E-state index in [1.54, 1.807) is 36.7 Å². The Labute approximate surface area is 523 Å². The summed E-state index contributed by atoms with van der Waals surface area (Å²) in [5.74, 6) is -6.37. The molecule has 0 radical (unpaired) electrons. The van der Waals surface area contributed by atoms with E-state index in [2.05, 4.69) is 75.8 Å². The van der Waals surface area contributed by atoms with Crippen molar-refractivity contribution < 1.29 is 134 Å². The van der Waals surface area contributed by atoms with Crippen molar-refractivity contribution in [2.75, 3.05) is 69.8 Å². The van der Waals surface area contributed by atoms with Crippen molar-refractivity contribution in [3.05, 3.63) is 83.4 Å². The van der Waals surface area contributed by atoms with E-state index in [9.17, 15) is 64.9 Å². The molecule has 2 amide bonds. The number of carboxylic acid groups (broad SMARTS) is 4. The molecule has 0 saturated heterocycles. The summed E-state index contributed by atoms with van der Waals surface area (Å²) in [6.45, 7) is 0.739. The van der Waals surface area contributed by atoms with Crippen molar-refractivity contribution in [1.29, 1.82) is 0 Å². The van der Waals surface area contributed by atoms with Gasteiger partial charge < -0.3 is 72.9 Å². The van der Waals surface area contributed by atoms with Gasteiger partial charge >= 0.3 is 83.0 Å². The largest absolute Gasteiger partial charge is 1.00 e. The fourth-order valence-electron chi connectivity index (χ4n) is 6.28. The van der Waals surface area contributed by atoms with Gasteiger partial charge in [0.05, 0.1) is 57.1 Å². The number of carboxylic acids is 4. The van der Waals surface area contributed by atoms with E-state index in [4.69, 9.17) is 33.1 Å². The van der Waals surface area contributed by atoms with E-state index in [0.717, 1.165) is 11.4 Å². The number of benzene rings is 2. The summed E-state index contributed by atoms with van der Waals surface area (Å²) in [4.78, 5) is 105. The van der Waals surface area contributed by atoms with Gasteiger partial charge in [-0.2, -0.15) is 45.2 Å². The van der Waals surface area contributed by atoms with Crippen molar-refractivity contribution in [1.82, 2.24) is 50.5 Å². The molecule has 2 atom stereocenters. The molecule has 432 valence electrons. The number of rotatable bonds is 22. The molecule has 0 saturated carbocycles. The number of carbonyl (C=O) groups is 6. The van der Waals surface area contributed by atoms with Gasteiger partial charge in [-0.15, -0.1) is 0 Å². The first-order valence-corrected chi connectivity index (χ1v) is 27.1. The predicted molar refractivity (Wildman–Crippen MR) is 293 cm³/mol. The van der Waals surface area contributed by atoms with E-state index in [1.807, 2.05) is 23.9 Å². The summed E-state index contributed by atoms with van der Waals surface area (Å²) in [6, 6.07) is 10.3. The molecule has 0 aliphatic carbocycles. The zero-order valence-corrected chi connectivity index (χ0v) is 51.6. The molecule has 38 heteroatoms. The number of carbonyl (C=O) groups excluding carboxylic acids is 2. The first-order valence-electron chi connectivity index (χ1n) is 22.7. The third-order valence-corrected chi connectivity index (χ3v) is 12.6. The van der Waals surface area contributed by atoms with Crippen LogP contribution in [-0.4, -0.2) is 171 Å². The molecule has 0 fully saturated rings. The monoisotopic (exact) mass is 1240 g/mol. The molecule has 14 N–H and O–H groups in total. The minimum absolute atomic E-state index is 0. The van der Waals surface area contributed by atoms with Gasteiger partial charge in [0, 0.05) is 72.5 Å². The van der Waals surface area contributed by atoms with Crippen molar-refractivity contribution in [3.63, 3.8) is 0 Å². The average Bonchev–Trinajstić information content (AvgIpc) is 3.38. The molecule has 6 aromatic rings. The number of fused-ring (bicyclic) bond motifs is 2. The fraction of sp³-hybridized carbons (Fsp3) is 0.318. The third-order valence-electron chi connectivity index (χ3n) is 10.1. The third kappa shape index (κ3) is 26.1. The number of anilines is 6. The summed E-state index contributed by atoms with van der Waals surface area (Å²) in [7, 11) is -4.37. The van der Waals surface area contributed by atoms with Gasteiger partial charge in [-0.3, -0.25) is 19.2 Å². The zero-order chi connectivity index (χ0) is 60.1. The van der Waals surface area contributed by atoms with Gasteiger partial charge in [0.1, 0.15) is 12.1 Å². The molecule has 0 aliphatic rings. The number of aromatic nitrogens is 8. The van der Waals surface area contributed by atoms with Gasteiger partial charge in [0.25, 0.3) is 11.8 Å². The number of hydrogen-bond donors (Lipinski definition) is 12. The Kier molecular flexibility index (Phi) is 31.1. The maximum Gasteiger partial charge on any atom is 1.00 e.